The summed E-state index contributed by atoms with van der Waals surface area (Å²) in [5.74, 6) is 0.260. The van der Waals surface area contributed by atoms with E-state index in [1.54, 1.807) is 0 Å². The fourth-order valence-corrected chi connectivity index (χ4v) is 3.81. The Labute approximate surface area is 144 Å². The number of likely N-dealkylation sites (tertiary alicyclic amines) is 1. The van der Waals surface area contributed by atoms with Crippen molar-refractivity contribution in [3.05, 3.63) is 17.5 Å². The molecule has 24 heavy (non-hydrogen) atoms. The molecule has 0 radical (unpaired) electrons. The van der Waals surface area contributed by atoms with Gasteiger partial charge in [-0.3, -0.25) is 14.8 Å². The Morgan fingerprint density at radius 2 is 2.04 bits per heavy atom. The molecule has 1 aromatic heterocycles. The summed E-state index contributed by atoms with van der Waals surface area (Å²) in [5.41, 5.74) is 1.53. The van der Waals surface area contributed by atoms with Crippen LogP contribution in [0.25, 0.3) is 0 Å². The minimum Gasteiger partial charge on any atom is -0.381 e. The molecule has 0 spiro atoms. The quantitative estimate of drug-likeness (QED) is 0.867. The van der Waals surface area contributed by atoms with Gasteiger partial charge in [0.05, 0.1) is 0 Å². The van der Waals surface area contributed by atoms with Crippen molar-refractivity contribution in [3.63, 3.8) is 0 Å². The van der Waals surface area contributed by atoms with Gasteiger partial charge in [0, 0.05) is 31.0 Å². The Bertz CT molecular complexity index is 543. The second-order valence-electron chi connectivity index (χ2n) is 7.43. The van der Waals surface area contributed by atoms with Gasteiger partial charge in [0.1, 0.15) is 5.69 Å². The third kappa shape index (κ3) is 3.81. The highest BCUT2D eigenvalue weighted by atomic mass is 16.5. The van der Waals surface area contributed by atoms with Crippen LogP contribution < -0.4 is 5.32 Å². The molecule has 0 aliphatic carbocycles. The van der Waals surface area contributed by atoms with Gasteiger partial charge in [-0.1, -0.05) is 20.3 Å². The van der Waals surface area contributed by atoms with Crippen LogP contribution in [0.3, 0.4) is 0 Å². The first-order valence-corrected chi connectivity index (χ1v) is 9.27. The molecule has 0 atom stereocenters. The molecule has 1 amide bonds. The number of aromatic nitrogens is 2. The first-order valence-electron chi connectivity index (χ1n) is 9.27. The predicted octanol–water partition coefficient (Wildman–Crippen LogP) is 2.30. The molecular formula is C18H30N4O2. The fraction of sp³-hybridized carbons (Fsp3) is 0.778. The highest BCUT2D eigenvalue weighted by Gasteiger charge is 2.39. The first kappa shape index (κ1) is 17.4. The number of H-pyrrole nitrogens is 1. The van der Waals surface area contributed by atoms with Crippen LogP contribution in [0, 0.1) is 0 Å². The van der Waals surface area contributed by atoms with E-state index in [0.717, 1.165) is 44.8 Å². The topological polar surface area (TPSA) is 70.2 Å². The minimum atomic E-state index is -0.0824. The molecule has 2 N–H and O–H groups in total. The van der Waals surface area contributed by atoms with Crippen LogP contribution in [-0.2, 0) is 4.74 Å². The molecule has 6 heteroatoms. The first-order chi connectivity index (χ1) is 11.6. The van der Waals surface area contributed by atoms with Gasteiger partial charge in [-0.2, -0.15) is 5.10 Å². The van der Waals surface area contributed by atoms with Crippen molar-refractivity contribution in [2.75, 3.05) is 32.8 Å². The van der Waals surface area contributed by atoms with Gasteiger partial charge < -0.3 is 10.1 Å². The molecule has 2 fully saturated rings. The lowest BCUT2D eigenvalue weighted by Crippen LogP contribution is -2.59. The van der Waals surface area contributed by atoms with Crippen LogP contribution in [0.5, 0.6) is 0 Å². The summed E-state index contributed by atoms with van der Waals surface area (Å²) in [6, 6.07) is 1.86. The van der Waals surface area contributed by atoms with Crippen molar-refractivity contribution in [3.8, 4) is 0 Å². The SMILES string of the molecule is CC(C)c1cc(C(=O)NCC2(N3CCCCC3)CCOCC2)n[nH]1. The Kier molecular flexibility index (Phi) is 5.56. The number of rotatable bonds is 5. The van der Waals surface area contributed by atoms with E-state index in [4.69, 9.17) is 4.74 Å². The lowest BCUT2D eigenvalue weighted by atomic mass is 9.86. The Morgan fingerprint density at radius 3 is 2.67 bits per heavy atom. The zero-order chi connectivity index (χ0) is 17.0. The molecule has 0 aromatic carbocycles. The van der Waals surface area contributed by atoms with Crippen LogP contribution in [0.1, 0.15) is 68.1 Å². The van der Waals surface area contributed by atoms with Crippen molar-refractivity contribution in [1.82, 2.24) is 20.4 Å². The van der Waals surface area contributed by atoms with Gasteiger partial charge in [0.2, 0.25) is 0 Å². The van der Waals surface area contributed by atoms with Gasteiger partial charge >= 0.3 is 0 Å². The van der Waals surface area contributed by atoms with Crippen molar-refractivity contribution in [1.29, 1.82) is 0 Å². The maximum absolute atomic E-state index is 12.5. The van der Waals surface area contributed by atoms with Gasteiger partial charge in [-0.25, -0.2) is 0 Å². The molecule has 6 nitrogen and oxygen atoms in total. The van der Waals surface area contributed by atoms with E-state index in [2.05, 4.69) is 34.3 Å². The maximum Gasteiger partial charge on any atom is 0.271 e. The number of ether oxygens (including phenoxy) is 1. The summed E-state index contributed by atoms with van der Waals surface area (Å²) in [6.07, 6.45) is 5.82. The molecule has 3 heterocycles. The van der Waals surface area contributed by atoms with Crippen molar-refractivity contribution < 1.29 is 9.53 Å². The van der Waals surface area contributed by atoms with Crippen molar-refractivity contribution >= 4 is 5.91 Å². The molecule has 0 saturated carbocycles. The lowest BCUT2D eigenvalue weighted by Gasteiger charge is -2.48. The molecular weight excluding hydrogens is 304 g/mol. The number of amides is 1. The minimum absolute atomic E-state index is 0.0471. The molecule has 0 bridgehead atoms. The van der Waals surface area contributed by atoms with Crippen LogP contribution in [0.15, 0.2) is 6.07 Å². The van der Waals surface area contributed by atoms with E-state index in [0.29, 0.717) is 18.2 Å². The number of aromatic amines is 1. The van der Waals surface area contributed by atoms with E-state index < -0.39 is 0 Å². The summed E-state index contributed by atoms with van der Waals surface area (Å²) in [4.78, 5) is 15.1. The van der Waals surface area contributed by atoms with Crippen LogP contribution >= 0.6 is 0 Å². The molecule has 134 valence electrons. The second-order valence-corrected chi connectivity index (χ2v) is 7.43. The molecule has 1 aromatic rings. The molecule has 3 rings (SSSR count). The Morgan fingerprint density at radius 1 is 1.33 bits per heavy atom. The molecule has 2 saturated heterocycles. The summed E-state index contributed by atoms with van der Waals surface area (Å²) in [7, 11) is 0. The average molecular weight is 334 g/mol. The third-order valence-electron chi connectivity index (χ3n) is 5.48. The number of carbonyl (C=O) groups is 1. The standard InChI is InChI=1S/C18H30N4O2/c1-14(2)15-12-16(21-20-15)17(23)19-13-18(6-10-24-11-7-18)22-8-4-3-5-9-22/h12,14H,3-11,13H2,1-2H3,(H,19,23)(H,20,21). The van der Waals surface area contributed by atoms with E-state index in [-0.39, 0.29) is 11.4 Å². The van der Waals surface area contributed by atoms with E-state index in [9.17, 15) is 4.79 Å². The number of piperidine rings is 1. The summed E-state index contributed by atoms with van der Waals surface area (Å²) in [6.45, 7) is 8.69. The zero-order valence-electron chi connectivity index (χ0n) is 14.9. The van der Waals surface area contributed by atoms with Crippen molar-refractivity contribution in [2.45, 2.75) is 57.4 Å². The van der Waals surface area contributed by atoms with Gasteiger partial charge in [-0.05, 0) is 50.8 Å². The van der Waals surface area contributed by atoms with Crippen LogP contribution in [-0.4, -0.2) is 59.4 Å². The Balaban J connectivity index is 1.65. The number of nitrogens with one attached hydrogen (secondary N) is 2. The average Bonchev–Trinajstić information content (AvgIpc) is 3.12. The van der Waals surface area contributed by atoms with Gasteiger partial charge in [0.25, 0.3) is 5.91 Å². The van der Waals surface area contributed by atoms with E-state index in [1.165, 1.54) is 19.3 Å². The van der Waals surface area contributed by atoms with E-state index >= 15 is 0 Å². The summed E-state index contributed by atoms with van der Waals surface area (Å²) >= 11 is 0. The molecule has 0 unspecified atom stereocenters. The predicted molar refractivity (Wildman–Crippen MR) is 93.2 cm³/mol. The smallest absolute Gasteiger partial charge is 0.271 e. The maximum atomic E-state index is 12.5. The normalized spacial score (nSPS) is 21.8. The molecule has 2 aliphatic heterocycles. The van der Waals surface area contributed by atoms with Crippen LogP contribution in [0.2, 0.25) is 0 Å². The number of carbonyl (C=O) groups excluding carboxylic acids is 1. The van der Waals surface area contributed by atoms with Crippen LogP contribution in [0.4, 0.5) is 0 Å². The third-order valence-corrected chi connectivity index (χ3v) is 5.48. The lowest BCUT2D eigenvalue weighted by molar-refractivity contribution is -0.0349. The van der Waals surface area contributed by atoms with Gasteiger partial charge in [0.15, 0.2) is 0 Å². The highest BCUT2D eigenvalue weighted by molar-refractivity contribution is 5.92. The number of hydrogen-bond acceptors (Lipinski definition) is 4. The zero-order valence-corrected chi connectivity index (χ0v) is 14.9. The largest absolute Gasteiger partial charge is 0.381 e. The second kappa shape index (κ2) is 7.66. The van der Waals surface area contributed by atoms with Crippen molar-refractivity contribution in [2.24, 2.45) is 0 Å². The number of hydrogen-bond donors (Lipinski definition) is 2. The fourth-order valence-electron chi connectivity index (χ4n) is 3.81. The van der Waals surface area contributed by atoms with E-state index in [1.807, 2.05) is 6.07 Å². The highest BCUT2D eigenvalue weighted by Crippen LogP contribution is 2.30. The monoisotopic (exact) mass is 334 g/mol. The molecule has 2 aliphatic rings. The number of nitrogens with zero attached hydrogens (tertiary/aromatic N) is 2. The Hall–Kier alpha value is -1.40. The summed E-state index contributed by atoms with van der Waals surface area (Å²) in [5, 5.41) is 10.3. The van der Waals surface area contributed by atoms with Gasteiger partial charge in [-0.15, -0.1) is 0 Å². The summed E-state index contributed by atoms with van der Waals surface area (Å²) < 4.78 is 5.58.